The summed E-state index contributed by atoms with van der Waals surface area (Å²) in [6.45, 7) is 4.42. The van der Waals surface area contributed by atoms with Crippen LogP contribution in [0.3, 0.4) is 0 Å². The average molecular weight is 265 g/mol. The van der Waals surface area contributed by atoms with Crippen LogP contribution in [0.1, 0.15) is 19.3 Å². The molecule has 104 valence electrons. The molecule has 19 heavy (non-hydrogen) atoms. The number of hydrogen-bond acceptors (Lipinski definition) is 6. The monoisotopic (exact) mass is 265 g/mol. The lowest BCUT2D eigenvalue weighted by atomic mass is 9.99. The molecule has 0 aromatic carbocycles. The molecule has 0 fully saturated rings. The predicted octanol–water partition coefficient (Wildman–Crippen LogP) is 1.06. The van der Waals surface area contributed by atoms with Gasteiger partial charge in [-0.15, -0.1) is 0 Å². The summed E-state index contributed by atoms with van der Waals surface area (Å²) < 4.78 is 16.5. The van der Waals surface area contributed by atoms with E-state index < -0.39 is 0 Å². The highest BCUT2D eigenvalue weighted by Gasteiger charge is 2.25. The first-order valence-electron chi connectivity index (χ1n) is 6.91. The van der Waals surface area contributed by atoms with Gasteiger partial charge in [0.15, 0.2) is 17.7 Å². The zero-order valence-corrected chi connectivity index (χ0v) is 11.0. The number of hydrogen-bond donors (Lipinski definition) is 0. The average Bonchev–Trinajstić information content (AvgIpc) is 3.15. The van der Waals surface area contributed by atoms with E-state index in [1.807, 2.05) is 0 Å². The van der Waals surface area contributed by atoms with Crippen molar-refractivity contribution in [2.45, 2.75) is 19.3 Å². The van der Waals surface area contributed by atoms with Gasteiger partial charge in [-0.2, -0.15) is 0 Å². The molecule has 1 atom stereocenters. The summed E-state index contributed by atoms with van der Waals surface area (Å²) in [4.78, 5) is 13.1. The van der Waals surface area contributed by atoms with Crippen molar-refractivity contribution in [3.8, 4) is 0 Å². The molecule has 0 saturated heterocycles. The molecular formula is C13H19N3O3. The molecule has 0 N–H and O–H groups in total. The Balaban J connectivity index is 1.58. The second-order valence-electron chi connectivity index (χ2n) is 4.76. The molecule has 3 aliphatic heterocycles. The fourth-order valence-corrected chi connectivity index (χ4v) is 2.45. The first-order chi connectivity index (χ1) is 9.42. The van der Waals surface area contributed by atoms with Crippen LogP contribution in [-0.4, -0.2) is 57.1 Å². The van der Waals surface area contributed by atoms with Crippen LogP contribution >= 0.6 is 0 Å². The Morgan fingerprint density at radius 1 is 0.842 bits per heavy atom. The third-order valence-electron chi connectivity index (χ3n) is 3.38. The maximum atomic E-state index is 5.60. The highest BCUT2D eigenvalue weighted by atomic mass is 16.5. The Morgan fingerprint density at radius 2 is 1.53 bits per heavy atom. The van der Waals surface area contributed by atoms with E-state index in [4.69, 9.17) is 14.2 Å². The van der Waals surface area contributed by atoms with Gasteiger partial charge >= 0.3 is 0 Å². The molecule has 0 aromatic rings. The van der Waals surface area contributed by atoms with E-state index in [0.717, 1.165) is 56.6 Å². The first kappa shape index (κ1) is 12.4. The highest BCUT2D eigenvalue weighted by molar-refractivity contribution is 5.87. The van der Waals surface area contributed by atoms with Gasteiger partial charge in [0, 0.05) is 18.8 Å². The molecule has 1 unspecified atom stereocenters. The van der Waals surface area contributed by atoms with Crippen molar-refractivity contribution in [2.75, 3.05) is 39.5 Å². The fourth-order valence-electron chi connectivity index (χ4n) is 2.45. The van der Waals surface area contributed by atoms with E-state index in [1.165, 1.54) is 0 Å². The highest BCUT2D eigenvalue weighted by Crippen LogP contribution is 2.21. The van der Waals surface area contributed by atoms with Crippen molar-refractivity contribution in [3.63, 3.8) is 0 Å². The van der Waals surface area contributed by atoms with Crippen LogP contribution in [0.4, 0.5) is 0 Å². The second kappa shape index (κ2) is 6.04. The molecule has 6 heteroatoms. The van der Waals surface area contributed by atoms with Crippen LogP contribution in [0.15, 0.2) is 15.0 Å². The Kier molecular flexibility index (Phi) is 3.95. The summed E-state index contributed by atoms with van der Waals surface area (Å²) in [7, 11) is 0. The van der Waals surface area contributed by atoms with Gasteiger partial charge in [0.25, 0.3) is 0 Å². The van der Waals surface area contributed by atoms with Crippen molar-refractivity contribution in [1.82, 2.24) is 0 Å². The number of ether oxygens (including phenoxy) is 3. The van der Waals surface area contributed by atoms with E-state index in [0.29, 0.717) is 19.8 Å². The molecule has 0 aromatic heterocycles. The predicted molar refractivity (Wildman–Crippen MR) is 72.1 cm³/mol. The van der Waals surface area contributed by atoms with Crippen LogP contribution < -0.4 is 0 Å². The van der Waals surface area contributed by atoms with E-state index >= 15 is 0 Å². The topological polar surface area (TPSA) is 64.8 Å². The molecule has 3 heterocycles. The van der Waals surface area contributed by atoms with Gasteiger partial charge in [0.1, 0.15) is 19.8 Å². The summed E-state index contributed by atoms with van der Waals surface area (Å²) in [5.41, 5.74) is 0. The van der Waals surface area contributed by atoms with E-state index in [-0.39, 0.29) is 5.92 Å². The SMILES string of the molecule is C1COC(CCC(CC2=NCCO2)C2=NCCO2)=N1. The second-order valence-corrected chi connectivity index (χ2v) is 4.76. The Labute approximate surface area is 112 Å². The Hall–Kier alpha value is -1.59. The molecule has 3 rings (SSSR count). The van der Waals surface area contributed by atoms with Gasteiger partial charge in [-0.1, -0.05) is 0 Å². The Bertz CT molecular complexity index is 417. The van der Waals surface area contributed by atoms with Crippen LogP contribution in [-0.2, 0) is 14.2 Å². The van der Waals surface area contributed by atoms with Gasteiger partial charge < -0.3 is 14.2 Å². The lowest BCUT2D eigenvalue weighted by Crippen LogP contribution is -2.20. The summed E-state index contributed by atoms with van der Waals surface area (Å²) in [6.07, 6.45) is 2.52. The van der Waals surface area contributed by atoms with Crippen molar-refractivity contribution in [3.05, 3.63) is 0 Å². The molecular weight excluding hydrogens is 246 g/mol. The summed E-state index contributed by atoms with van der Waals surface area (Å²) in [5, 5.41) is 0. The minimum Gasteiger partial charge on any atom is -0.479 e. The minimum absolute atomic E-state index is 0.228. The minimum atomic E-state index is 0.228. The maximum absolute atomic E-state index is 5.60. The molecule has 0 aliphatic carbocycles. The normalized spacial score (nSPS) is 23.1. The molecule has 0 bridgehead atoms. The van der Waals surface area contributed by atoms with Gasteiger partial charge in [-0.3, -0.25) is 15.0 Å². The number of rotatable bonds is 6. The molecule has 6 nitrogen and oxygen atoms in total. The zero-order chi connectivity index (χ0) is 12.9. The Morgan fingerprint density at radius 3 is 2.16 bits per heavy atom. The van der Waals surface area contributed by atoms with Crippen LogP contribution in [0, 0.1) is 5.92 Å². The maximum Gasteiger partial charge on any atom is 0.187 e. The van der Waals surface area contributed by atoms with Gasteiger partial charge in [-0.05, 0) is 6.42 Å². The third-order valence-corrected chi connectivity index (χ3v) is 3.38. The van der Waals surface area contributed by atoms with Crippen molar-refractivity contribution in [1.29, 1.82) is 0 Å². The molecule has 0 radical (unpaired) electrons. The van der Waals surface area contributed by atoms with Crippen LogP contribution in [0.25, 0.3) is 0 Å². The van der Waals surface area contributed by atoms with Crippen molar-refractivity contribution in [2.24, 2.45) is 20.9 Å². The molecule has 0 amide bonds. The summed E-state index contributed by atoms with van der Waals surface area (Å²) >= 11 is 0. The van der Waals surface area contributed by atoms with Crippen LogP contribution in [0.2, 0.25) is 0 Å². The van der Waals surface area contributed by atoms with E-state index in [1.54, 1.807) is 0 Å². The standard InChI is InChI=1S/C13H19N3O3/c1(2-11-14-3-6-17-11)10(13-16-5-8-19-13)9-12-15-4-7-18-12/h10H,1-9H2. The first-order valence-corrected chi connectivity index (χ1v) is 6.91. The van der Waals surface area contributed by atoms with Gasteiger partial charge in [0.05, 0.1) is 19.6 Å². The lowest BCUT2D eigenvalue weighted by molar-refractivity contribution is 0.302. The fraction of sp³-hybridized carbons (Fsp3) is 0.769. The van der Waals surface area contributed by atoms with Crippen LogP contribution in [0.5, 0.6) is 0 Å². The van der Waals surface area contributed by atoms with E-state index in [9.17, 15) is 0 Å². The summed E-state index contributed by atoms with van der Waals surface area (Å²) in [5.74, 6) is 2.76. The summed E-state index contributed by atoms with van der Waals surface area (Å²) in [6, 6.07) is 0. The van der Waals surface area contributed by atoms with Gasteiger partial charge in [-0.25, -0.2) is 0 Å². The third kappa shape index (κ3) is 3.24. The molecule has 0 spiro atoms. The van der Waals surface area contributed by atoms with Crippen molar-refractivity contribution < 1.29 is 14.2 Å². The van der Waals surface area contributed by atoms with Gasteiger partial charge in [0.2, 0.25) is 0 Å². The quantitative estimate of drug-likeness (QED) is 0.721. The lowest BCUT2D eigenvalue weighted by Gasteiger charge is -2.16. The largest absolute Gasteiger partial charge is 0.479 e. The molecule has 0 saturated carbocycles. The molecule has 3 aliphatic rings. The zero-order valence-electron chi connectivity index (χ0n) is 11.0. The van der Waals surface area contributed by atoms with Crippen molar-refractivity contribution >= 4 is 17.7 Å². The number of nitrogens with zero attached hydrogens (tertiary/aromatic N) is 3. The number of aliphatic imine (C=N–C) groups is 3. The smallest absolute Gasteiger partial charge is 0.187 e. The van der Waals surface area contributed by atoms with E-state index in [2.05, 4.69) is 15.0 Å².